The lowest BCUT2D eigenvalue weighted by Gasteiger charge is -2.15. The number of nitrogens with zero attached hydrogens (tertiary/aromatic N) is 1. The number of aliphatic carboxylic acids is 1. The number of alkyl halides is 4. The van der Waals surface area contributed by atoms with Crippen molar-refractivity contribution >= 4 is 5.97 Å². The van der Waals surface area contributed by atoms with Crippen molar-refractivity contribution in [1.82, 2.24) is 4.98 Å². The molecule has 1 N–H and O–H groups in total. The van der Waals surface area contributed by atoms with Crippen molar-refractivity contribution in [2.24, 2.45) is 0 Å². The Hall–Kier alpha value is -2.06. The van der Waals surface area contributed by atoms with Gasteiger partial charge in [0.05, 0.1) is 13.5 Å². The van der Waals surface area contributed by atoms with Gasteiger partial charge in [-0.3, -0.25) is 4.79 Å². The van der Waals surface area contributed by atoms with Gasteiger partial charge >= 0.3 is 12.3 Å². The summed E-state index contributed by atoms with van der Waals surface area (Å²) in [7, 11) is 1.17. The summed E-state index contributed by atoms with van der Waals surface area (Å²) in [5, 5.41) is 8.63. The van der Waals surface area contributed by atoms with Gasteiger partial charge in [0.2, 0.25) is 5.88 Å². The van der Waals surface area contributed by atoms with Crippen molar-refractivity contribution in [2.45, 2.75) is 19.5 Å². The number of carboxylic acid groups (broad SMARTS) is 1. The Morgan fingerprint density at radius 3 is 2.53 bits per heavy atom. The van der Waals surface area contributed by atoms with Crippen LogP contribution in [0.2, 0.25) is 0 Å². The predicted molar refractivity (Wildman–Crippen MR) is 53.6 cm³/mol. The number of methoxy groups -OCH3 is 1. The second-order valence-corrected chi connectivity index (χ2v) is 3.35. The quantitative estimate of drug-likeness (QED) is 0.838. The van der Waals surface area contributed by atoms with E-state index < -0.39 is 36.9 Å². The monoisotopic (exact) mass is 283 g/mol. The molecule has 19 heavy (non-hydrogen) atoms. The molecule has 1 rings (SSSR count). The van der Waals surface area contributed by atoms with Gasteiger partial charge < -0.3 is 14.6 Å². The van der Waals surface area contributed by atoms with Crippen LogP contribution in [0.3, 0.4) is 0 Å². The lowest BCUT2D eigenvalue weighted by atomic mass is 10.1. The number of pyridine rings is 1. The summed E-state index contributed by atoms with van der Waals surface area (Å²) in [5.41, 5.74) is -1.04. The topological polar surface area (TPSA) is 68.7 Å². The molecule has 0 fully saturated rings. The van der Waals surface area contributed by atoms with Crippen molar-refractivity contribution in [3.05, 3.63) is 17.3 Å². The van der Waals surface area contributed by atoms with E-state index in [4.69, 9.17) is 5.11 Å². The van der Waals surface area contributed by atoms with E-state index in [1.807, 2.05) is 0 Å². The third kappa shape index (κ3) is 4.27. The molecule has 1 aromatic heterocycles. The van der Waals surface area contributed by atoms with Crippen LogP contribution in [0.15, 0.2) is 6.07 Å². The fraction of sp³-hybridized carbons (Fsp3) is 0.400. The lowest BCUT2D eigenvalue weighted by Crippen LogP contribution is -2.20. The molecule has 0 bridgehead atoms. The van der Waals surface area contributed by atoms with E-state index in [-0.39, 0.29) is 11.4 Å². The first-order valence-corrected chi connectivity index (χ1v) is 4.87. The molecule has 0 unspecified atom stereocenters. The molecule has 0 saturated carbocycles. The number of ether oxygens (including phenoxy) is 2. The summed E-state index contributed by atoms with van der Waals surface area (Å²) in [5.74, 6) is -2.54. The van der Waals surface area contributed by atoms with E-state index in [1.165, 1.54) is 7.11 Å². The van der Waals surface area contributed by atoms with Crippen LogP contribution in [0.1, 0.15) is 11.3 Å². The van der Waals surface area contributed by atoms with Gasteiger partial charge in [0, 0.05) is 11.6 Å². The third-order valence-electron chi connectivity index (χ3n) is 1.99. The lowest BCUT2D eigenvalue weighted by molar-refractivity contribution is -0.275. The summed E-state index contributed by atoms with van der Waals surface area (Å²) in [6.07, 6.45) is -5.86. The molecule has 0 amide bonds. The van der Waals surface area contributed by atoms with E-state index in [9.17, 15) is 22.4 Å². The van der Waals surface area contributed by atoms with Crippen molar-refractivity contribution in [2.75, 3.05) is 7.11 Å². The first kappa shape index (κ1) is 15.0. The second-order valence-electron chi connectivity index (χ2n) is 3.35. The Bertz CT molecular complexity index is 475. The molecular formula is C10H9F4NO4. The average Bonchev–Trinajstić information content (AvgIpc) is 2.28. The van der Waals surface area contributed by atoms with Gasteiger partial charge in [0.25, 0.3) is 0 Å². The zero-order valence-electron chi connectivity index (χ0n) is 9.62. The van der Waals surface area contributed by atoms with Gasteiger partial charge in [-0.15, -0.1) is 13.2 Å². The van der Waals surface area contributed by atoms with Crippen LogP contribution in [-0.2, 0) is 17.9 Å². The standard InChI is InChI=1S/C10H9F4NO4/c1-18-7-2-5(3-8(16)17)9(6(4-11)15-7)19-10(12,13)14/h2H,3-4H2,1H3,(H,16,17). The van der Waals surface area contributed by atoms with E-state index >= 15 is 0 Å². The maximum absolute atomic E-state index is 12.7. The van der Waals surface area contributed by atoms with Crippen LogP contribution in [0, 0.1) is 0 Å². The Morgan fingerprint density at radius 2 is 2.11 bits per heavy atom. The number of carbonyl (C=O) groups is 1. The van der Waals surface area contributed by atoms with Gasteiger partial charge in [0.1, 0.15) is 12.4 Å². The molecular weight excluding hydrogens is 274 g/mol. The minimum absolute atomic E-state index is 0.196. The van der Waals surface area contributed by atoms with Crippen LogP contribution in [0.4, 0.5) is 17.6 Å². The van der Waals surface area contributed by atoms with Crippen LogP contribution >= 0.6 is 0 Å². The van der Waals surface area contributed by atoms with Crippen LogP contribution < -0.4 is 9.47 Å². The highest BCUT2D eigenvalue weighted by molar-refractivity contribution is 5.71. The third-order valence-corrected chi connectivity index (χ3v) is 1.99. The summed E-state index contributed by atoms with van der Waals surface area (Å²) >= 11 is 0. The number of halogens is 4. The van der Waals surface area contributed by atoms with E-state index in [1.54, 1.807) is 0 Å². The molecule has 1 heterocycles. The molecule has 0 aliphatic heterocycles. The number of rotatable bonds is 5. The predicted octanol–water partition coefficient (Wildman–Crippen LogP) is 2.09. The average molecular weight is 283 g/mol. The summed E-state index contributed by atoms with van der Waals surface area (Å²) < 4.78 is 57.6. The highest BCUT2D eigenvalue weighted by Crippen LogP contribution is 2.32. The first-order chi connectivity index (χ1) is 8.76. The van der Waals surface area contributed by atoms with Crippen molar-refractivity contribution in [3.63, 3.8) is 0 Å². The van der Waals surface area contributed by atoms with Gasteiger partial charge in [-0.2, -0.15) is 0 Å². The molecule has 0 spiro atoms. The summed E-state index contributed by atoms with van der Waals surface area (Å²) in [6.45, 7) is -1.35. The van der Waals surface area contributed by atoms with Crippen molar-refractivity contribution < 1.29 is 36.9 Å². The van der Waals surface area contributed by atoms with Crippen molar-refractivity contribution in [3.8, 4) is 11.6 Å². The van der Waals surface area contributed by atoms with Crippen LogP contribution in [0.25, 0.3) is 0 Å². The minimum atomic E-state index is -5.08. The zero-order chi connectivity index (χ0) is 14.6. The van der Waals surface area contributed by atoms with Crippen LogP contribution in [-0.4, -0.2) is 29.5 Å². The Kier molecular flexibility index (Phi) is 4.52. The second kappa shape index (κ2) is 5.72. The smallest absolute Gasteiger partial charge is 0.481 e. The molecule has 0 aromatic carbocycles. The SMILES string of the molecule is COc1cc(CC(=O)O)c(OC(F)(F)F)c(CF)n1. The summed E-state index contributed by atoms with van der Waals surface area (Å²) in [4.78, 5) is 14.0. The molecule has 0 radical (unpaired) electrons. The van der Waals surface area contributed by atoms with Crippen LogP contribution in [0.5, 0.6) is 11.6 Å². The Balaban J connectivity index is 3.32. The molecule has 9 heteroatoms. The molecule has 0 atom stereocenters. The molecule has 1 aromatic rings. The van der Waals surface area contributed by atoms with E-state index in [2.05, 4.69) is 14.5 Å². The highest BCUT2D eigenvalue weighted by atomic mass is 19.4. The largest absolute Gasteiger partial charge is 0.573 e. The fourth-order valence-corrected chi connectivity index (χ4v) is 1.35. The molecule has 0 aliphatic carbocycles. The van der Waals surface area contributed by atoms with Gasteiger partial charge in [-0.05, 0) is 0 Å². The summed E-state index contributed by atoms with van der Waals surface area (Å²) in [6, 6.07) is 0.953. The van der Waals surface area contributed by atoms with Gasteiger partial charge in [-0.25, -0.2) is 9.37 Å². The maximum Gasteiger partial charge on any atom is 0.573 e. The van der Waals surface area contributed by atoms with Crippen molar-refractivity contribution in [1.29, 1.82) is 0 Å². The highest BCUT2D eigenvalue weighted by Gasteiger charge is 2.34. The molecule has 106 valence electrons. The zero-order valence-corrected chi connectivity index (χ0v) is 9.62. The number of hydrogen-bond acceptors (Lipinski definition) is 4. The molecule has 0 aliphatic rings. The molecule has 5 nitrogen and oxygen atoms in total. The van der Waals surface area contributed by atoms with E-state index in [0.29, 0.717) is 0 Å². The number of hydrogen-bond donors (Lipinski definition) is 1. The minimum Gasteiger partial charge on any atom is -0.481 e. The normalized spacial score (nSPS) is 11.2. The number of aromatic nitrogens is 1. The van der Waals surface area contributed by atoms with Gasteiger partial charge in [0.15, 0.2) is 5.75 Å². The van der Waals surface area contributed by atoms with E-state index in [0.717, 1.165) is 6.07 Å². The molecule has 0 saturated heterocycles. The Labute approximate surface area is 104 Å². The number of carboxylic acids is 1. The van der Waals surface area contributed by atoms with Gasteiger partial charge in [-0.1, -0.05) is 0 Å². The Morgan fingerprint density at radius 1 is 1.47 bits per heavy atom. The first-order valence-electron chi connectivity index (χ1n) is 4.87. The maximum atomic E-state index is 12.7. The fourth-order valence-electron chi connectivity index (χ4n) is 1.35.